The van der Waals surface area contributed by atoms with E-state index in [2.05, 4.69) is 6.92 Å². The Hall–Kier alpha value is -0.690. The second-order valence-electron chi connectivity index (χ2n) is 3.72. The van der Waals surface area contributed by atoms with Gasteiger partial charge >= 0.3 is 0 Å². The van der Waals surface area contributed by atoms with Crippen LogP contribution >= 0.6 is 11.6 Å². The van der Waals surface area contributed by atoms with Gasteiger partial charge in [-0.1, -0.05) is 25.5 Å². The summed E-state index contributed by atoms with van der Waals surface area (Å²) in [5.74, 6) is 0.835. The number of benzene rings is 1. The minimum absolute atomic E-state index is 0.203. The molecule has 2 heteroatoms. The summed E-state index contributed by atoms with van der Waals surface area (Å²) in [7, 11) is 0. The highest BCUT2D eigenvalue weighted by molar-refractivity contribution is 6.20. The average Bonchev–Trinajstić information content (AvgIpc) is 2.16. The SMILES string of the molecule is CCC(Cc1ccc(O)cc1)C(C)Cl. The van der Waals surface area contributed by atoms with Gasteiger partial charge in [0.15, 0.2) is 0 Å². The van der Waals surface area contributed by atoms with Gasteiger partial charge in [0.05, 0.1) is 0 Å². The Bertz CT molecular complexity index is 266. The lowest BCUT2D eigenvalue weighted by molar-refractivity contribution is 0.473. The Balaban J connectivity index is 2.63. The van der Waals surface area contributed by atoms with Gasteiger partial charge in [-0.25, -0.2) is 0 Å². The number of hydrogen-bond donors (Lipinski definition) is 1. The molecule has 0 spiro atoms. The number of phenolic OH excluding ortho intramolecular Hbond substituents is 1. The van der Waals surface area contributed by atoms with E-state index in [4.69, 9.17) is 16.7 Å². The molecule has 0 saturated carbocycles. The zero-order valence-corrected chi connectivity index (χ0v) is 9.46. The van der Waals surface area contributed by atoms with Gasteiger partial charge in [-0.15, -0.1) is 11.6 Å². The molecule has 14 heavy (non-hydrogen) atoms. The zero-order chi connectivity index (χ0) is 10.6. The summed E-state index contributed by atoms with van der Waals surface area (Å²) in [5, 5.41) is 9.33. The van der Waals surface area contributed by atoms with Crippen molar-refractivity contribution >= 4 is 11.6 Å². The van der Waals surface area contributed by atoms with Crippen molar-refractivity contribution in [3.8, 4) is 5.75 Å². The summed E-state index contributed by atoms with van der Waals surface area (Å²) in [4.78, 5) is 0. The van der Waals surface area contributed by atoms with Crippen molar-refractivity contribution in [2.24, 2.45) is 5.92 Å². The quantitative estimate of drug-likeness (QED) is 0.757. The summed E-state index contributed by atoms with van der Waals surface area (Å²) >= 11 is 6.08. The van der Waals surface area contributed by atoms with Gasteiger partial charge in [-0.3, -0.25) is 0 Å². The molecule has 0 aliphatic heterocycles. The van der Waals surface area contributed by atoms with Crippen molar-refractivity contribution < 1.29 is 5.11 Å². The average molecular weight is 213 g/mol. The molecule has 1 nitrogen and oxygen atoms in total. The highest BCUT2D eigenvalue weighted by Crippen LogP contribution is 2.21. The van der Waals surface area contributed by atoms with E-state index in [0.717, 1.165) is 12.8 Å². The van der Waals surface area contributed by atoms with Crippen LogP contribution in [0.3, 0.4) is 0 Å². The molecule has 2 unspecified atom stereocenters. The van der Waals surface area contributed by atoms with Crippen molar-refractivity contribution in [1.29, 1.82) is 0 Å². The van der Waals surface area contributed by atoms with Crippen LogP contribution in [0.15, 0.2) is 24.3 Å². The molecule has 0 aliphatic carbocycles. The maximum atomic E-state index is 9.13. The van der Waals surface area contributed by atoms with Gasteiger partial charge in [0.1, 0.15) is 5.75 Å². The first-order valence-electron chi connectivity index (χ1n) is 5.05. The number of aromatic hydroxyl groups is 1. The van der Waals surface area contributed by atoms with Crippen LogP contribution in [0, 0.1) is 5.92 Å². The molecule has 0 aromatic heterocycles. The predicted octanol–water partition coefficient (Wildman–Crippen LogP) is 3.59. The largest absolute Gasteiger partial charge is 0.508 e. The maximum absolute atomic E-state index is 9.13. The smallest absolute Gasteiger partial charge is 0.115 e. The lowest BCUT2D eigenvalue weighted by Gasteiger charge is -2.17. The van der Waals surface area contributed by atoms with E-state index < -0.39 is 0 Å². The van der Waals surface area contributed by atoms with Gasteiger partial charge in [-0.05, 0) is 37.0 Å². The minimum Gasteiger partial charge on any atom is -0.508 e. The monoisotopic (exact) mass is 212 g/mol. The Morgan fingerprint density at radius 3 is 2.29 bits per heavy atom. The van der Waals surface area contributed by atoms with Crippen LogP contribution in [0.25, 0.3) is 0 Å². The van der Waals surface area contributed by atoms with Gasteiger partial charge in [0.25, 0.3) is 0 Å². The van der Waals surface area contributed by atoms with E-state index >= 15 is 0 Å². The van der Waals surface area contributed by atoms with Gasteiger partial charge in [0, 0.05) is 5.38 Å². The lowest BCUT2D eigenvalue weighted by atomic mass is 9.94. The molecular formula is C12H17ClO. The van der Waals surface area contributed by atoms with Crippen LogP contribution in [-0.4, -0.2) is 10.5 Å². The molecule has 0 bridgehead atoms. The lowest BCUT2D eigenvalue weighted by Crippen LogP contribution is -2.13. The molecule has 2 atom stereocenters. The minimum atomic E-state index is 0.203. The van der Waals surface area contributed by atoms with E-state index in [1.165, 1.54) is 5.56 Å². The molecule has 0 radical (unpaired) electrons. The third-order valence-corrected chi connectivity index (χ3v) is 2.96. The first-order chi connectivity index (χ1) is 6.63. The summed E-state index contributed by atoms with van der Waals surface area (Å²) in [6.45, 7) is 4.19. The fraction of sp³-hybridized carbons (Fsp3) is 0.500. The summed E-state index contributed by atoms with van der Waals surface area (Å²) in [6, 6.07) is 7.36. The highest BCUT2D eigenvalue weighted by Gasteiger charge is 2.13. The third-order valence-electron chi connectivity index (χ3n) is 2.61. The zero-order valence-electron chi connectivity index (χ0n) is 8.70. The van der Waals surface area contributed by atoms with Crippen molar-refractivity contribution in [3.63, 3.8) is 0 Å². The first-order valence-corrected chi connectivity index (χ1v) is 5.49. The molecule has 1 N–H and O–H groups in total. The van der Waals surface area contributed by atoms with Crippen LogP contribution in [0.4, 0.5) is 0 Å². The maximum Gasteiger partial charge on any atom is 0.115 e. The van der Waals surface area contributed by atoms with Crippen LogP contribution in [-0.2, 0) is 6.42 Å². The topological polar surface area (TPSA) is 20.2 Å². The number of rotatable bonds is 4. The number of alkyl halides is 1. The van der Waals surface area contributed by atoms with Gasteiger partial charge < -0.3 is 5.11 Å². The Labute approximate surface area is 90.7 Å². The molecule has 0 heterocycles. The third kappa shape index (κ3) is 3.22. The fourth-order valence-electron chi connectivity index (χ4n) is 1.57. The Morgan fingerprint density at radius 2 is 1.86 bits per heavy atom. The number of phenols is 1. The summed E-state index contributed by atoms with van der Waals surface area (Å²) < 4.78 is 0. The van der Waals surface area contributed by atoms with Crippen LogP contribution in [0.1, 0.15) is 25.8 Å². The van der Waals surface area contributed by atoms with Crippen LogP contribution < -0.4 is 0 Å². The van der Waals surface area contributed by atoms with Gasteiger partial charge in [0.2, 0.25) is 0 Å². The summed E-state index contributed by atoms with van der Waals surface area (Å²) in [6.07, 6.45) is 2.08. The molecule has 78 valence electrons. The number of halogens is 1. The van der Waals surface area contributed by atoms with E-state index in [-0.39, 0.29) is 5.38 Å². The molecule has 1 aromatic rings. The molecular weight excluding hydrogens is 196 g/mol. The van der Waals surface area contributed by atoms with E-state index in [1.807, 2.05) is 19.1 Å². The molecule has 0 saturated heterocycles. The fourth-order valence-corrected chi connectivity index (χ4v) is 1.83. The standard InChI is InChI=1S/C12H17ClO/c1-3-11(9(2)13)8-10-4-6-12(14)7-5-10/h4-7,9,11,14H,3,8H2,1-2H3. The van der Waals surface area contributed by atoms with Crippen molar-refractivity contribution in [3.05, 3.63) is 29.8 Å². The molecule has 0 aliphatic rings. The summed E-state index contributed by atoms with van der Waals surface area (Å²) in [5.41, 5.74) is 1.24. The predicted molar refractivity (Wildman–Crippen MR) is 60.9 cm³/mol. The second kappa shape index (κ2) is 5.26. The van der Waals surface area contributed by atoms with Crippen LogP contribution in [0.2, 0.25) is 0 Å². The van der Waals surface area contributed by atoms with Crippen molar-refractivity contribution in [2.45, 2.75) is 32.1 Å². The highest BCUT2D eigenvalue weighted by atomic mass is 35.5. The Kier molecular flexibility index (Phi) is 4.27. The second-order valence-corrected chi connectivity index (χ2v) is 4.40. The first kappa shape index (κ1) is 11.4. The molecule has 0 fully saturated rings. The normalized spacial score (nSPS) is 15.1. The van der Waals surface area contributed by atoms with E-state index in [9.17, 15) is 0 Å². The Morgan fingerprint density at radius 1 is 1.29 bits per heavy atom. The van der Waals surface area contributed by atoms with E-state index in [1.54, 1.807) is 12.1 Å². The molecule has 0 amide bonds. The van der Waals surface area contributed by atoms with Crippen molar-refractivity contribution in [2.75, 3.05) is 0 Å². The molecule has 1 aromatic carbocycles. The van der Waals surface area contributed by atoms with Gasteiger partial charge in [-0.2, -0.15) is 0 Å². The molecule has 1 rings (SSSR count). The van der Waals surface area contributed by atoms with E-state index in [0.29, 0.717) is 11.7 Å². The van der Waals surface area contributed by atoms with Crippen molar-refractivity contribution in [1.82, 2.24) is 0 Å². The van der Waals surface area contributed by atoms with Crippen LogP contribution in [0.5, 0.6) is 5.75 Å². The number of hydrogen-bond acceptors (Lipinski definition) is 1.